The summed E-state index contributed by atoms with van der Waals surface area (Å²) in [5.41, 5.74) is 8.00. The van der Waals surface area contributed by atoms with Crippen molar-refractivity contribution in [1.82, 2.24) is 4.90 Å². The van der Waals surface area contributed by atoms with E-state index in [1.54, 1.807) is 6.26 Å². The minimum atomic E-state index is 0.442. The van der Waals surface area contributed by atoms with Gasteiger partial charge in [-0.1, -0.05) is 23.7 Å². The average Bonchev–Trinajstić information content (AvgIpc) is 2.79. The van der Waals surface area contributed by atoms with Crippen LogP contribution in [0, 0.1) is 0 Å². The molecule has 18 heavy (non-hydrogen) atoms. The van der Waals surface area contributed by atoms with E-state index in [9.17, 15) is 0 Å². The first-order valence-corrected chi connectivity index (χ1v) is 6.25. The summed E-state index contributed by atoms with van der Waals surface area (Å²) in [5, 5.41) is 0.765. The molecule has 0 spiro atoms. The molecule has 2 rings (SSSR count). The molecule has 0 aliphatic heterocycles. The second-order valence-corrected chi connectivity index (χ2v) is 4.81. The van der Waals surface area contributed by atoms with Gasteiger partial charge in [0.05, 0.1) is 12.8 Å². The first kappa shape index (κ1) is 13.1. The van der Waals surface area contributed by atoms with Crippen molar-refractivity contribution in [2.75, 3.05) is 7.05 Å². The Kier molecular flexibility index (Phi) is 4.42. The first-order chi connectivity index (χ1) is 8.69. The minimum absolute atomic E-state index is 0.442. The molecule has 1 heterocycles. The zero-order chi connectivity index (χ0) is 13.0. The Morgan fingerprint density at radius 2 is 1.89 bits per heavy atom. The van der Waals surface area contributed by atoms with Gasteiger partial charge in [-0.2, -0.15) is 0 Å². The van der Waals surface area contributed by atoms with Crippen LogP contribution in [0.3, 0.4) is 0 Å². The molecule has 0 aliphatic rings. The Balaban J connectivity index is 1.96. The molecular weight excluding hydrogens is 248 g/mol. The zero-order valence-electron chi connectivity index (χ0n) is 10.4. The molecule has 0 aliphatic carbocycles. The van der Waals surface area contributed by atoms with Gasteiger partial charge in [-0.3, -0.25) is 4.90 Å². The van der Waals surface area contributed by atoms with Crippen molar-refractivity contribution in [3.63, 3.8) is 0 Å². The number of hydrogen-bond donors (Lipinski definition) is 1. The molecule has 96 valence electrons. The van der Waals surface area contributed by atoms with Crippen LogP contribution in [0.1, 0.15) is 16.9 Å². The molecule has 0 radical (unpaired) electrons. The number of furan rings is 1. The monoisotopic (exact) mass is 264 g/mol. The van der Waals surface area contributed by atoms with Gasteiger partial charge in [0.1, 0.15) is 5.76 Å². The molecule has 1 aromatic carbocycles. The maximum absolute atomic E-state index is 5.86. The predicted octanol–water partition coefficient (Wildman–Crippen LogP) is 3.02. The van der Waals surface area contributed by atoms with E-state index in [1.165, 1.54) is 5.56 Å². The third kappa shape index (κ3) is 3.35. The molecule has 2 N–H and O–H groups in total. The van der Waals surface area contributed by atoms with Crippen molar-refractivity contribution in [2.45, 2.75) is 19.6 Å². The molecule has 0 atom stereocenters. The van der Waals surface area contributed by atoms with E-state index < -0.39 is 0 Å². The van der Waals surface area contributed by atoms with Gasteiger partial charge in [0.15, 0.2) is 0 Å². The highest BCUT2D eigenvalue weighted by atomic mass is 35.5. The summed E-state index contributed by atoms with van der Waals surface area (Å²) in [5.74, 6) is 0.859. The SMILES string of the molecule is CN(Cc1ccc(Cl)cc1)Cc1ccoc1CN. The van der Waals surface area contributed by atoms with E-state index in [-0.39, 0.29) is 0 Å². The fourth-order valence-electron chi connectivity index (χ4n) is 1.94. The highest BCUT2D eigenvalue weighted by Gasteiger charge is 2.08. The lowest BCUT2D eigenvalue weighted by Gasteiger charge is -2.16. The van der Waals surface area contributed by atoms with Crippen LogP contribution >= 0.6 is 11.6 Å². The zero-order valence-corrected chi connectivity index (χ0v) is 11.2. The van der Waals surface area contributed by atoms with Crippen molar-refractivity contribution in [3.05, 3.63) is 58.5 Å². The Labute approximate surface area is 112 Å². The lowest BCUT2D eigenvalue weighted by Crippen LogP contribution is -2.18. The third-order valence-corrected chi connectivity index (χ3v) is 3.08. The van der Waals surface area contributed by atoms with Crippen molar-refractivity contribution >= 4 is 11.6 Å². The van der Waals surface area contributed by atoms with Gasteiger partial charge < -0.3 is 10.2 Å². The second-order valence-electron chi connectivity index (χ2n) is 4.37. The van der Waals surface area contributed by atoms with E-state index in [4.69, 9.17) is 21.8 Å². The maximum atomic E-state index is 5.86. The van der Waals surface area contributed by atoms with Crippen molar-refractivity contribution < 1.29 is 4.42 Å². The summed E-state index contributed by atoms with van der Waals surface area (Å²) in [7, 11) is 2.07. The summed E-state index contributed by atoms with van der Waals surface area (Å²) in [4.78, 5) is 2.22. The van der Waals surface area contributed by atoms with Crippen LogP contribution in [0.5, 0.6) is 0 Å². The van der Waals surface area contributed by atoms with Crippen LogP contribution in [0.15, 0.2) is 41.0 Å². The van der Waals surface area contributed by atoms with E-state index in [2.05, 4.69) is 11.9 Å². The van der Waals surface area contributed by atoms with Gasteiger partial charge in [-0.05, 0) is 30.8 Å². The molecule has 0 fully saturated rings. The van der Waals surface area contributed by atoms with Gasteiger partial charge >= 0.3 is 0 Å². The number of benzene rings is 1. The molecule has 0 unspecified atom stereocenters. The third-order valence-electron chi connectivity index (χ3n) is 2.83. The summed E-state index contributed by atoms with van der Waals surface area (Å²) in [6.07, 6.45) is 1.69. The van der Waals surface area contributed by atoms with Crippen LogP contribution < -0.4 is 5.73 Å². The molecule has 0 amide bonds. The summed E-state index contributed by atoms with van der Waals surface area (Å²) >= 11 is 5.86. The Hall–Kier alpha value is -1.29. The topological polar surface area (TPSA) is 42.4 Å². The molecule has 0 saturated heterocycles. The lowest BCUT2D eigenvalue weighted by atomic mass is 10.2. The van der Waals surface area contributed by atoms with Crippen LogP contribution in [-0.2, 0) is 19.6 Å². The largest absolute Gasteiger partial charge is 0.468 e. The number of nitrogens with two attached hydrogens (primary N) is 1. The van der Waals surface area contributed by atoms with Crippen LogP contribution in [0.4, 0.5) is 0 Å². The van der Waals surface area contributed by atoms with Gasteiger partial charge in [0.25, 0.3) is 0 Å². The number of rotatable bonds is 5. The van der Waals surface area contributed by atoms with E-state index in [0.29, 0.717) is 6.54 Å². The van der Waals surface area contributed by atoms with E-state index in [0.717, 1.165) is 29.4 Å². The Morgan fingerprint density at radius 3 is 2.56 bits per heavy atom. The Bertz CT molecular complexity index is 493. The summed E-state index contributed by atoms with van der Waals surface area (Å²) < 4.78 is 5.31. The number of hydrogen-bond acceptors (Lipinski definition) is 3. The van der Waals surface area contributed by atoms with Gasteiger partial charge in [-0.25, -0.2) is 0 Å². The molecule has 3 nitrogen and oxygen atoms in total. The molecule has 0 bridgehead atoms. The minimum Gasteiger partial charge on any atom is -0.468 e. The first-order valence-electron chi connectivity index (χ1n) is 5.87. The molecule has 2 aromatic rings. The van der Waals surface area contributed by atoms with E-state index >= 15 is 0 Å². The second kappa shape index (κ2) is 6.05. The highest BCUT2D eigenvalue weighted by Crippen LogP contribution is 2.15. The predicted molar refractivity (Wildman–Crippen MR) is 73.2 cm³/mol. The van der Waals surface area contributed by atoms with E-state index in [1.807, 2.05) is 30.3 Å². The number of halogens is 1. The molecule has 0 saturated carbocycles. The van der Waals surface area contributed by atoms with Crippen LogP contribution in [0.2, 0.25) is 5.02 Å². The molecule has 1 aromatic heterocycles. The Morgan fingerprint density at radius 1 is 1.17 bits per heavy atom. The average molecular weight is 265 g/mol. The highest BCUT2D eigenvalue weighted by molar-refractivity contribution is 6.30. The summed E-state index contributed by atoms with van der Waals surface area (Å²) in [6.45, 7) is 2.13. The van der Waals surface area contributed by atoms with Crippen LogP contribution in [0.25, 0.3) is 0 Å². The smallest absolute Gasteiger partial charge is 0.121 e. The fraction of sp³-hybridized carbons (Fsp3) is 0.286. The van der Waals surface area contributed by atoms with Crippen molar-refractivity contribution in [1.29, 1.82) is 0 Å². The normalized spacial score (nSPS) is 11.1. The van der Waals surface area contributed by atoms with Gasteiger partial charge in [0.2, 0.25) is 0 Å². The molecule has 4 heteroatoms. The van der Waals surface area contributed by atoms with Gasteiger partial charge in [-0.15, -0.1) is 0 Å². The van der Waals surface area contributed by atoms with Crippen molar-refractivity contribution in [3.8, 4) is 0 Å². The maximum Gasteiger partial charge on any atom is 0.121 e. The molecular formula is C14H17ClN2O. The standard InChI is InChI=1S/C14H17ClN2O/c1-17(9-11-2-4-13(15)5-3-11)10-12-6-7-18-14(12)8-16/h2-7H,8-10,16H2,1H3. The quantitative estimate of drug-likeness (QED) is 0.903. The fourth-order valence-corrected chi connectivity index (χ4v) is 2.06. The van der Waals surface area contributed by atoms with Gasteiger partial charge in [0, 0.05) is 23.7 Å². The van der Waals surface area contributed by atoms with Crippen molar-refractivity contribution in [2.24, 2.45) is 5.73 Å². The lowest BCUT2D eigenvalue weighted by molar-refractivity contribution is 0.315. The van der Waals surface area contributed by atoms with Crippen LogP contribution in [-0.4, -0.2) is 11.9 Å². The number of nitrogens with zero attached hydrogens (tertiary/aromatic N) is 1. The summed E-state index contributed by atoms with van der Waals surface area (Å²) in [6, 6.07) is 9.87.